The van der Waals surface area contributed by atoms with E-state index in [1.165, 1.54) is 29.2 Å². The lowest BCUT2D eigenvalue weighted by molar-refractivity contribution is 0.504. The van der Waals surface area contributed by atoms with Gasteiger partial charge in [-0.05, 0) is 36.4 Å². The first-order valence-corrected chi connectivity index (χ1v) is 7.88. The highest BCUT2D eigenvalue weighted by Gasteiger charge is 2.19. The summed E-state index contributed by atoms with van der Waals surface area (Å²) in [7, 11) is -4.10. The Balaban J connectivity index is 2.00. The van der Waals surface area contributed by atoms with Gasteiger partial charge in [-0.15, -0.1) is 0 Å². The van der Waals surface area contributed by atoms with Crippen LogP contribution in [-0.2, 0) is 10.0 Å². The van der Waals surface area contributed by atoms with Crippen LogP contribution in [0.15, 0.2) is 59.9 Å². The van der Waals surface area contributed by atoms with E-state index in [0.717, 1.165) is 12.1 Å². The van der Waals surface area contributed by atoms with Crippen LogP contribution in [0.3, 0.4) is 0 Å². The van der Waals surface area contributed by atoms with Crippen LogP contribution in [-0.4, -0.2) is 23.2 Å². The Morgan fingerprint density at radius 3 is 2.57 bits per heavy atom. The van der Waals surface area contributed by atoms with Gasteiger partial charge in [-0.2, -0.15) is 5.10 Å². The van der Waals surface area contributed by atoms with E-state index in [2.05, 4.69) is 14.8 Å². The summed E-state index contributed by atoms with van der Waals surface area (Å²) in [5.41, 5.74) is 0.154. The summed E-state index contributed by atoms with van der Waals surface area (Å²) in [5, 5.41) is 3.99. The largest absolute Gasteiger partial charge is 0.276 e. The zero-order chi connectivity index (χ0) is 16.4. The van der Waals surface area contributed by atoms with Crippen molar-refractivity contribution in [2.24, 2.45) is 0 Å². The van der Waals surface area contributed by atoms with E-state index in [-0.39, 0.29) is 11.5 Å². The summed E-state index contributed by atoms with van der Waals surface area (Å²) in [6.45, 7) is 0. The quantitative estimate of drug-likeness (QED) is 0.793. The van der Waals surface area contributed by atoms with Crippen molar-refractivity contribution in [1.29, 1.82) is 0 Å². The van der Waals surface area contributed by atoms with Gasteiger partial charge in [0.25, 0.3) is 10.0 Å². The van der Waals surface area contributed by atoms with E-state index < -0.39 is 26.6 Å². The summed E-state index contributed by atoms with van der Waals surface area (Å²) >= 11 is 0. The predicted octanol–water partition coefficient (Wildman–Crippen LogP) is 2.35. The van der Waals surface area contributed by atoms with E-state index in [1.54, 1.807) is 12.3 Å². The van der Waals surface area contributed by atoms with Gasteiger partial charge in [-0.25, -0.2) is 26.9 Å². The summed E-state index contributed by atoms with van der Waals surface area (Å²) in [5.74, 6) is -2.11. The molecule has 0 unspecified atom stereocenters. The van der Waals surface area contributed by atoms with Crippen LogP contribution in [0.25, 0.3) is 5.82 Å². The average Bonchev–Trinajstić information content (AvgIpc) is 3.04. The number of halogens is 2. The van der Waals surface area contributed by atoms with Crippen LogP contribution in [0.1, 0.15) is 0 Å². The van der Waals surface area contributed by atoms with Crippen LogP contribution in [0.4, 0.5) is 14.5 Å². The number of sulfonamides is 1. The van der Waals surface area contributed by atoms with Crippen molar-refractivity contribution in [1.82, 2.24) is 14.8 Å². The van der Waals surface area contributed by atoms with Gasteiger partial charge >= 0.3 is 0 Å². The van der Waals surface area contributed by atoms with Gasteiger partial charge in [-0.3, -0.25) is 4.72 Å². The summed E-state index contributed by atoms with van der Waals surface area (Å²) in [6.07, 6.45) is 4.59. The molecule has 0 atom stereocenters. The molecule has 0 saturated heterocycles. The topological polar surface area (TPSA) is 76.9 Å². The predicted molar refractivity (Wildman–Crippen MR) is 78.5 cm³/mol. The number of rotatable bonds is 4. The lowest BCUT2D eigenvalue weighted by Gasteiger charge is -2.11. The van der Waals surface area contributed by atoms with Crippen molar-refractivity contribution < 1.29 is 17.2 Å². The molecule has 1 N–H and O–H groups in total. The molecule has 9 heteroatoms. The fraction of sp³-hybridized carbons (Fsp3) is 0. The number of hydrogen-bond acceptors (Lipinski definition) is 4. The fourth-order valence-corrected chi connectivity index (χ4v) is 2.97. The van der Waals surface area contributed by atoms with Crippen molar-refractivity contribution in [2.45, 2.75) is 4.90 Å². The molecule has 23 heavy (non-hydrogen) atoms. The first kappa shape index (κ1) is 15.1. The molecule has 0 amide bonds. The van der Waals surface area contributed by atoms with E-state index in [4.69, 9.17) is 0 Å². The maximum absolute atomic E-state index is 13.3. The SMILES string of the molecule is O=S(=O)(Nc1cccnc1-n1cccn1)c1ccc(F)c(F)c1. The summed E-state index contributed by atoms with van der Waals surface area (Å²) < 4.78 is 54.5. The van der Waals surface area contributed by atoms with E-state index in [1.807, 2.05) is 0 Å². The molecular formula is C14H10F2N4O2S. The second-order valence-electron chi connectivity index (χ2n) is 4.51. The van der Waals surface area contributed by atoms with Crippen LogP contribution >= 0.6 is 0 Å². The highest BCUT2D eigenvalue weighted by molar-refractivity contribution is 7.92. The third-order valence-electron chi connectivity index (χ3n) is 2.95. The Morgan fingerprint density at radius 2 is 1.87 bits per heavy atom. The van der Waals surface area contributed by atoms with Gasteiger partial charge in [0.05, 0.1) is 10.6 Å². The second kappa shape index (κ2) is 5.76. The van der Waals surface area contributed by atoms with Gasteiger partial charge < -0.3 is 0 Å². The van der Waals surface area contributed by atoms with E-state index >= 15 is 0 Å². The van der Waals surface area contributed by atoms with Crippen molar-refractivity contribution in [3.8, 4) is 5.82 Å². The first-order chi connectivity index (χ1) is 11.0. The van der Waals surface area contributed by atoms with E-state index in [9.17, 15) is 17.2 Å². The molecule has 118 valence electrons. The lowest BCUT2D eigenvalue weighted by atomic mass is 10.3. The average molecular weight is 336 g/mol. The maximum atomic E-state index is 13.3. The Labute approximate surface area is 130 Å². The van der Waals surface area contributed by atoms with Crippen LogP contribution in [0, 0.1) is 11.6 Å². The normalized spacial score (nSPS) is 11.4. The fourth-order valence-electron chi connectivity index (χ4n) is 1.90. The minimum atomic E-state index is -4.10. The number of hydrogen-bond donors (Lipinski definition) is 1. The molecule has 3 rings (SSSR count). The molecule has 2 heterocycles. The Kier molecular flexibility index (Phi) is 3.78. The van der Waals surface area contributed by atoms with Gasteiger partial charge in [0, 0.05) is 18.6 Å². The minimum absolute atomic E-state index is 0.154. The van der Waals surface area contributed by atoms with Crippen molar-refractivity contribution in [2.75, 3.05) is 4.72 Å². The lowest BCUT2D eigenvalue weighted by Crippen LogP contribution is -2.16. The Bertz CT molecular complexity index is 943. The van der Waals surface area contributed by atoms with Crippen LogP contribution in [0.5, 0.6) is 0 Å². The number of nitrogens with one attached hydrogen (secondary N) is 1. The molecule has 0 bridgehead atoms. The zero-order valence-electron chi connectivity index (χ0n) is 11.5. The molecule has 0 fully saturated rings. The molecule has 0 radical (unpaired) electrons. The summed E-state index contributed by atoms with van der Waals surface area (Å²) in [6, 6.07) is 7.02. The number of nitrogens with zero attached hydrogens (tertiary/aromatic N) is 3. The molecule has 2 aromatic heterocycles. The third kappa shape index (κ3) is 3.04. The molecule has 0 aliphatic rings. The summed E-state index contributed by atoms with van der Waals surface area (Å²) in [4.78, 5) is 3.67. The smallest absolute Gasteiger partial charge is 0.262 e. The van der Waals surface area contributed by atoms with Crippen molar-refractivity contribution >= 4 is 15.7 Å². The number of anilines is 1. The Hall–Kier alpha value is -2.81. The van der Waals surface area contributed by atoms with Crippen molar-refractivity contribution in [3.05, 3.63) is 66.6 Å². The molecule has 0 aliphatic carbocycles. The molecule has 6 nitrogen and oxygen atoms in total. The molecule has 0 aliphatic heterocycles. The highest BCUT2D eigenvalue weighted by Crippen LogP contribution is 2.22. The number of aromatic nitrogens is 3. The van der Waals surface area contributed by atoms with Crippen LogP contribution in [0.2, 0.25) is 0 Å². The van der Waals surface area contributed by atoms with Crippen molar-refractivity contribution in [3.63, 3.8) is 0 Å². The molecule has 0 saturated carbocycles. The maximum Gasteiger partial charge on any atom is 0.262 e. The molecular weight excluding hydrogens is 326 g/mol. The third-order valence-corrected chi connectivity index (χ3v) is 4.32. The Morgan fingerprint density at radius 1 is 1.04 bits per heavy atom. The number of pyridine rings is 1. The van der Waals surface area contributed by atoms with Gasteiger partial charge in [0.1, 0.15) is 0 Å². The highest BCUT2D eigenvalue weighted by atomic mass is 32.2. The van der Waals surface area contributed by atoms with Crippen LogP contribution < -0.4 is 4.72 Å². The second-order valence-corrected chi connectivity index (χ2v) is 6.19. The van der Waals surface area contributed by atoms with E-state index in [0.29, 0.717) is 6.07 Å². The van der Waals surface area contributed by atoms with Gasteiger partial charge in [0.2, 0.25) is 0 Å². The molecule has 0 spiro atoms. The molecule has 1 aromatic carbocycles. The van der Waals surface area contributed by atoms with Gasteiger partial charge in [0.15, 0.2) is 17.5 Å². The standard InChI is InChI=1S/C14H10F2N4O2S/c15-11-5-4-10(9-12(11)16)23(21,22)19-13-3-1-6-17-14(13)20-8-2-7-18-20/h1-9,19H. The molecule has 3 aromatic rings. The number of benzene rings is 1. The monoisotopic (exact) mass is 336 g/mol. The minimum Gasteiger partial charge on any atom is -0.276 e. The van der Waals surface area contributed by atoms with Gasteiger partial charge in [-0.1, -0.05) is 0 Å². The first-order valence-electron chi connectivity index (χ1n) is 6.40. The zero-order valence-corrected chi connectivity index (χ0v) is 12.3.